The molecule has 8 heteroatoms. The molecular formula is C27H32F4N2O2. The number of halogens is 4. The minimum Gasteiger partial charge on any atom is -0.336 e. The van der Waals surface area contributed by atoms with Crippen LogP contribution in [0.1, 0.15) is 57.9 Å². The lowest BCUT2D eigenvalue weighted by atomic mass is 9.47. The third kappa shape index (κ3) is 3.61. The van der Waals surface area contributed by atoms with Crippen molar-refractivity contribution in [2.45, 2.75) is 64.6 Å². The first-order chi connectivity index (χ1) is 16.4. The summed E-state index contributed by atoms with van der Waals surface area (Å²) < 4.78 is 54.9. The van der Waals surface area contributed by atoms with E-state index in [0.717, 1.165) is 38.2 Å². The van der Waals surface area contributed by atoms with Crippen molar-refractivity contribution in [1.82, 2.24) is 4.90 Å². The third-order valence-electron chi connectivity index (χ3n) is 9.96. The maximum Gasteiger partial charge on any atom is 0.418 e. The van der Waals surface area contributed by atoms with Crippen LogP contribution in [0.25, 0.3) is 0 Å². The minimum absolute atomic E-state index is 0.0422. The fraction of sp³-hybridized carbons (Fsp3) is 0.630. The molecule has 0 aromatic heterocycles. The molecule has 0 radical (unpaired) electrons. The Morgan fingerprint density at radius 3 is 2.49 bits per heavy atom. The highest BCUT2D eigenvalue weighted by Gasteiger charge is 2.62. The van der Waals surface area contributed by atoms with Gasteiger partial charge in [0.15, 0.2) is 5.83 Å². The number of anilines is 1. The Hall–Kier alpha value is -2.38. The summed E-state index contributed by atoms with van der Waals surface area (Å²) in [5.74, 6) is -1.22. The zero-order chi connectivity index (χ0) is 25.3. The van der Waals surface area contributed by atoms with E-state index in [4.69, 9.17) is 0 Å². The van der Waals surface area contributed by atoms with Gasteiger partial charge in [0.1, 0.15) is 0 Å². The first-order valence-electron chi connectivity index (χ1n) is 12.5. The van der Waals surface area contributed by atoms with E-state index in [0.29, 0.717) is 12.3 Å². The third-order valence-corrected chi connectivity index (χ3v) is 9.96. The average Bonchev–Trinajstić information content (AvgIpc) is 3.14. The van der Waals surface area contributed by atoms with Crippen LogP contribution in [0.4, 0.5) is 23.2 Å². The van der Waals surface area contributed by atoms with Crippen molar-refractivity contribution in [1.29, 1.82) is 0 Å². The van der Waals surface area contributed by atoms with Crippen LogP contribution in [0.5, 0.6) is 0 Å². The SMILES string of the molecule is CN1C(=O)C(F)=C[C@@]2(C)C1CC[C@@H]1[C@H]2CC[C@]2(C)C(C(=O)Nc3ccccc3C(F)(F)F)CC[C@@H]12. The van der Waals surface area contributed by atoms with Crippen molar-refractivity contribution in [3.8, 4) is 0 Å². The number of rotatable bonds is 2. The first kappa shape index (κ1) is 24.3. The number of para-hydroxylation sites is 1. The van der Waals surface area contributed by atoms with Crippen molar-refractivity contribution in [3.05, 3.63) is 41.7 Å². The summed E-state index contributed by atoms with van der Waals surface area (Å²) in [4.78, 5) is 27.1. The summed E-state index contributed by atoms with van der Waals surface area (Å²) in [6.45, 7) is 4.18. The second kappa shape index (κ2) is 8.07. The molecular weight excluding hydrogens is 460 g/mol. The highest BCUT2D eigenvalue weighted by molar-refractivity contribution is 5.94. The van der Waals surface area contributed by atoms with E-state index >= 15 is 0 Å². The molecule has 4 nitrogen and oxygen atoms in total. The van der Waals surface area contributed by atoms with E-state index in [1.54, 1.807) is 18.0 Å². The standard InChI is InChI=1S/C27H32F4N2O2/c1-25-13-12-17-15(8-11-22-26(17,2)14-20(28)24(35)33(22)3)16(25)9-10-19(25)23(34)32-21-7-5-4-6-18(21)27(29,30)31/h4-7,14-17,19,22H,8-13H2,1-3H3,(H,32,34)/t15-,16-,17+,19?,22?,25-,26+/m0/s1. The van der Waals surface area contributed by atoms with Gasteiger partial charge < -0.3 is 10.2 Å². The summed E-state index contributed by atoms with van der Waals surface area (Å²) >= 11 is 0. The van der Waals surface area contributed by atoms with Gasteiger partial charge in [0.25, 0.3) is 5.91 Å². The quantitative estimate of drug-likeness (QED) is 0.500. The number of hydrogen-bond donors (Lipinski definition) is 1. The second-order valence-corrected chi connectivity index (χ2v) is 11.5. The van der Waals surface area contributed by atoms with Gasteiger partial charge in [-0.2, -0.15) is 13.2 Å². The fourth-order valence-electron chi connectivity index (χ4n) is 8.32. The van der Waals surface area contributed by atoms with Crippen LogP contribution in [-0.4, -0.2) is 29.8 Å². The van der Waals surface area contributed by atoms with Gasteiger partial charge in [-0.15, -0.1) is 0 Å². The number of alkyl halides is 3. The predicted octanol–water partition coefficient (Wildman–Crippen LogP) is 6.20. The van der Waals surface area contributed by atoms with Crippen molar-refractivity contribution < 1.29 is 27.2 Å². The Bertz CT molecular complexity index is 1090. The number of likely N-dealkylation sites (N-methyl/N-ethyl adjacent to an activating group) is 1. The lowest BCUT2D eigenvalue weighted by molar-refractivity contribution is -0.144. The summed E-state index contributed by atoms with van der Waals surface area (Å²) in [6.07, 6.45) is 1.72. The van der Waals surface area contributed by atoms with Gasteiger partial charge in [0.2, 0.25) is 5.91 Å². The van der Waals surface area contributed by atoms with Crippen LogP contribution in [0, 0.1) is 34.5 Å². The number of amides is 2. The van der Waals surface area contributed by atoms with Crippen LogP contribution < -0.4 is 5.32 Å². The zero-order valence-electron chi connectivity index (χ0n) is 20.3. The Morgan fingerprint density at radius 2 is 1.77 bits per heavy atom. The van der Waals surface area contributed by atoms with E-state index in [-0.39, 0.29) is 40.8 Å². The van der Waals surface area contributed by atoms with Crippen molar-refractivity contribution in [3.63, 3.8) is 0 Å². The highest BCUT2D eigenvalue weighted by atomic mass is 19.4. The first-order valence-corrected chi connectivity index (χ1v) is 12.5. The second-order valence-electron chi connectivity index (χ2n) is 11.5. The Morgan fingerprint density at radius 1 is 1.06 bits per heavy atom. The molecule has 1 heterocycles. The smallest absolute Gasteiger partial charge is 0.336 e. The monoisotopic (exact) mass is 492 g/mol. The molecule has 0 spiro atoms. The topological polar surface area (TPSA) is 49.4 Å². The van der Waals surface area contributed by atoms with Gasteiger partial charge in [0, 0.05) is 24.4 Å². The largest absolute Gasteiger partial charge is 0.418 e. The number of carbonyl (C=O) groups is 2. The number of fused-ring (bicyclic) bond motifs is 5. The van der Waals surface area contributed by atoms with Gasteiger partial charge in [-0.1, -0.05) is 26.0 Å². The molecule has 1 N–H and O–H groups in total. The van der Waals surface area contributed by atoms with Crippen LogP contribution in [0.3, 0.4) is 0 Å². The van der Waals surface area contributed by atoms with Gasteiger partial charge in [-0.3, -0.25) is 9.59 Å². The molecule has 3 saturated carbocycles. The van der Waals surface area contributed by atoms with Gasteiger partial charge >= 0.3 is 6.18 Å². The summed E-state index contributed by atoms with van der Waals surface area (Å²) in [6, 6.07) is 5.05. The molecule has 4 aliphatic rings. The Balaban J connectivity index is 1.39. The maximum atomic E-state index is 14.6. The molecule has 7 atom stereocenters. The zero-order valence-corrected chi connectivity index (χ0v) is 20.3. The van der Waals surface area contributed by atoms with E-state index in [9.17, 15) is 27.2 Å². The van der Waals surface area contributed by atoms with E-state index in [1.165, 1.54) is 18.2 Å². The average molecular weight is 493 g/mol. The Labute approximate surface area is 203 Å². The molecule has 5 rings (SSSR count). The molecule has 190 valence electrons. The summed E-state index contributed by atoms with van der Waals surface area (Å²) in [5, 5.41) is 2.60. The minimum atomic E-state index is -4.55. The van der Waals surface area contributed by atoms with Crippen molar-refractivity contribution >= 4 is 17.5 Å². The van der Waals surface area contributed by atoms with Gasteiger partial charge in [-0.25, -0.2) is 4.39 Å². The number of hydrogen-bond acceptors (Lipinski definition) is 2. The molecule has 1 aromatic rings. The van der Waals surface area contributed by atoms with Gasteiger partial charge in [0.05, 0.1) is 11.3 Å². The van der Waals surface area contributed by atoms with Crippen molar-refractivity contribution in [2.24, 2.45) is 34.5 Å². The summed E-state index contributed by atoms with van der Waals surface area (Å²) in [5.41, 5.74) is -1.81. The predicted molar refractivity (Wildman–Crippen MR) is 124 cm³/mol. The molecule has 35 heavy (non-hydrogen) atoms. The molecule has 3 fully saturated rings. The number of carbonyl (C=O) groups excluding carboxylic acids is 2. The molecule has 2 unspecified atom stereocenters. The van der Waals surface area contributed by atoms with Crippen LogP contribution in [0.2, 0.25) is 0 Å². The summed E-state index contributed by atoms with van der Waals surface area (Å²) in [7, 11) is 1.68. The van der Waals surface area contributed by atoms with E-state index in [2.05, 4.69) is 19.2 Å². The lowest BCUT2D eigenvalue weighted by Gasteiger charge is -2.60. The maximum absolute atomic E-state index is 14.6. The molecule has 2 amide bonds. The fourth-order valence-corrected chi connectivity index (χ4v) is 8.32. The lowest BCUT2D eigenvalue weighted by Crippen LogP contribution is -2.60. The molecule has 3 aliphatic carbocycles. The normalized spacial score (nSPS) is 38.8. The molecule has 1 aromatic carbocycles. The number of nitrogens with zero attached hydrogens (tertiary/aromatic N) is 1. The number of nitrogens with one attached hydrogen (secondary N) is 1. The van der Waals surface area contributed by atoms with Crippen LogP contribution >= 0.6 is 0 Å². The van der Waals surface area contributed by atoms with E-state index < -0.39 is 28.9 Å². The molecule has 0 saturated heterocycles. The van der Waals surface area contributed by atoms with Gasteiger partial charge in [-0.05, 0) is 79.9 Å². The highest BCUT2D eigenvalue weighted by Crippen LogP contribution is 2.65. The van der Waals surface area contributed by atoms with Crippen molar-refractivity contribution in [2.75, 3.05) is 12.4 Å². The molecule has 1 aliphatic heterocycles. The Kier molecular flexibility index (Phi) is 5.61. The van der Waals surface area contributed by atoms with E-state index in [1.807, 2.05) is 0 Å². The van der Waals surface area contributed by atoms with Crippen LogP contribution in [0.15, 0.2) is 36.2 Å². The van der Waals surface area contributed by atoms with Crippen LogP contribution in [-0.2, 0) is 15.8 Å². The number of benzene rings is 1. The molecule has 0 bridgehead atoms.